The van der Waals surface area contributed by atoms with Crippen molar-refractivity contribution in [2.75, 3.05) is 11.5 Å². The molecule has 1 aromatic heterocycles. The van der Waals surface area contributed by atoms with Crippen LogP contribution in [0.1, 0.15) is 23.6 Å². The maximum atomic E-state index is 12.9. The van der Waals surface area contributed by atoms with Crippen molar-refractivity contribution in [2.24, 2.45) is 0 Å². The summed E-state index contributed by atoms with van der Waals surface area (Å²) in [6.45, 7) is 0. The van der Waals surface area contributed by atoms with Crippen LogP contribution < -0.4 is 0 Å². The number of rotatable bonds is 3. The zero-order valence-corrected chi connectivity index (χ0v) is 15.7. The lowest BCUT2D eigenvalue weighted by Crippen LogP contribution is -2.40. The summed E-state index contributed by atoms with van der Waals surface area (Å²) in [5.41, 5.74) is 0.908. The highest BCUT2D eigenvalue weighted by Gasteiger charge is 2.50. The minimum Gasteiger partial charge on any atom is -0.507 e. The molecule has 0 radical (unpaired) electrons. The van der Waals surface area contributed by atoms with Gasteiger partial charge in [-0.2, -0.15) is 0 Å². The summed E-state index contributed by atoms with van der Waals surface area (Å²) in [6, 6.07) is 10.4. The Labute approximate surface area is 162 Å². The number of ketones is 1. The van der Waals surface area contributed by atoms with Crippen molar-refractivity contribution in [1.82, 2.24) is 9.88 Å². The zero-order valence-electron chi connectivity index (χ0n) is 14.9. The fourth-order valence-electron chi connectivity index (χ4n) is 3.84. The molecule has 1 amide bonds. The third-order valence-corrected chi connectivity index (χ3v) is 6.88. The molecule has 3 heterocycles. The van der Waals surface area contributed by atoms with E-state index >= 15 is 0 Å². The van der Waals surface area contributed by atoms with E-state index in [2.05, 4.69) is 4.98 Å². The monoisotopic (exact) mass is 398 g/mol. The van der Waals surface area contributed by atoms with Crippen molar-refractivity contribution in [3.63, 3.8) is 0 Å². The summed E-state index contributed by atoms with van der Waals surface area (Å²) in [5.74, 6) is -2.12. The maximum absolute atomic E-state index is 12.9. The summed E-state index contributed by atoms with van der Waals surface area (Å²) in [4.78, 5) is 31.1. The molecule has 2 aromatic rings. The molecule has 0 spiro atoms. The Hall–Kier alpha value is -3.00. The van der Waals surface area contributed by atoms with Gasteiger partial charge in [0.05, 0.1) is 23.1 Å². The minimum atomic E-state index is -3.27. The Morgan fingerprint density at radius 1 is 1.11 bits per heavy atom. The van der Waals surface area contributed by atoms with Gasteiger partial charge in [0, 0.05) is 24.0 Å². The maximum Gasteiger partial charge on any atom is 0.295 e. The summed E-state index contributed by atoms with van der Waals surface area (Å²) in [5, 5.41) is 10.8. The first-order valence-electron chi connectivity index (χ1n) is 8.85. The van der Waals surface area contributed by atoms with Gasteiger partial charge in [-0.05, 0) is 18.1 Å². The van der Waals surface area contributed by atoms with Gasteiger partial charge in [-0.15, -0.1) is 0 Å². The molecule has 8 heteroatoms. The molecule has 144 valence electrons. The molecule has 0 unspecified atom stereocenters. The number of Topliss-reactive ketones (excluding diaryl/α,β-unsaturated/α-hetero) is 1. The number of hydrogen-bond donors (Lipinski definition) is 1. The van der Waals surface area contributed by atoms with Crippen LogP contribution in [0.15, 0.2) is 60.4 Å². The summed E-state index contributed by atoms with van der Waals surface area (Å²) in [6.07, 6.45) is 3.34. The van der Waals surface area contributed by atoms with Gasteiger partial charge in [0.15, 0.2) is 9.84 Å². The van der Waals surface area contributed by atoms with E-state index < -0.39 is 33.6 Å². The van der Waals surface area contributed by atoms with Crippen LogP contribution in [0.2, 0.25) is 0 Å². The lowest BCUT2D eigenvalue weighted by atomic mass is 9.96. The number of aliphatic hydroxyl groups excluding tert-OH is 1. The zero-order chi connectivity index (χ0) is 19.9. The van der Waals surface area contributed by atoms with Crippen molar-refractivity contribution in [3.8, 4) is 0 Å². The molecule has 0 bridgehead atoms. The third kappa shape index (κ3) is 3.09. The summed E-state index contributed by atoms with van der Waals surface area (Å²) in [7, 11) is -3.27. The first-order chi connectivity index (χ1) is 13.4. The van der Waals surface area contributed by atoms with Gasteiger partial charge in [0.1, 0.15) is 5.76 Å². The molecule has 7 nitrogen and oxygen atoms in total. The topological polar surface area (TPSA) is 105 Å². The Kier molecular flexibility index (Phi) is 4.50. The van der Waals surface area contributed by atoms with Crippen LogP contribution in [-0.4, -0.2) is 52.6 Å². The van der Waals surface area contributed by atoms with Crippen LogP contribution in [0.4, 0.5) is 0 Å². The molecule has 2 fully saturated rings. The predicted molar refractivity (Wildman–Crippen MR) is 102 cm³/mol. The van der Waals surface area contributed by atoms with Crippen molar-refractivity contribution in [1.29, 1.82) is 0 Å². The van der Waals surface area contributed by atoms with Gasteiger partial charge in [-0.3, -0.25) is 14.6 Å². The lowest BCUT2D eigenvalue weighted by Gasteiger charge is -2.29. The van der Waals surface area contributed by atoms with Crippen LogP contribution in [0, 0.1) is 0 Å². The molecule has 2 aliphatic heterocycles. The van der Waals surface area contributed by atoms with E-state index in [4.69, 9.17) is 0 Å². The molecule has 2 atom stereocenters. The van der Waals surface area contributed by atoms with E-state index in [-0.39, 0.29) is 29.3 Å². The van der Waals surface area contributed by atoms with Crippen molar-refractivity contribution in [2.45, 2.75) is 18.5 Å². The number of benzene rings is 1. The van der Waals surface area contributed by atoms with Gasteiger partial charge < -0.3 is 10.0 Å². The molecular formula is C20H18N2O5S. The Morgan fingerprint density at radius 3 is 2.46 bits per heavy atom. The van der Waals surface area contributed by atoms with Crippen molar-refractivity contribution < 1.29 is 23.1 Å². The van der Waals surface area contributed by atoms with Crippen molar-refractivity contribution in [3.05, 3.63) is 71.6 Å². The van der Waals surface area contributed by atoms with Crippen LogP contribution in [0.5, 0.6) is 0 Å². The first kappa shape index (κ1) is 18.4. The highest BCUT2D eigenvalue weighted by molar-refractivity contribution is 7.91. The second kappa shape index (κ2) is 6.87. The predicted octanol–water partition coefficient (Wildman–Crippen LogP) is 1.69. The van der Waals surface area contributed by atoms with Crippen molar-refractivity contribution >= 4 is 27.3 Å². The van der Waals surface area contributed by atoms with Gasteiger partial charge in [-0.25, -0.2) is 8.42 Å². The molecule has 4 rings (SSSR count). The van der Waals surface area contributed by atoms with Crippen LogP contribution in [0.25, 0.3) is 5.76 Å². The number of hydrogen-bond acceptors (Lipinski definition) is 6. The Balaban J connectivity index is 1.88. The number of aliphatic hydroxyl groups is 1. The first-order valence-corrected chi connectivity index (χ1v) is 10.7. The lowest BCUT2D eigenvalue weighted by molar-refractivity contribution is -0.141. The number of nitrogens with zero attached hydrogens (tertiary/aromatic N) is 2. The number of carbonyl (C=O) groups is 2. The fourth-order valence-corrected chi connectivity index (χ4v) is 5.55. The normalized spacial score (nSPS) is 25.9. The average molecular weight is 398 g/mol. The second-order valence-corrected chi connectivity index (χ2v) is 9.14. The second-order valence-electron chi connectivity index (χ2n) is 6.92. The van der Waals surface area contributed by atoms with Crippen LogP contribution >= 0.6 is 0 Å². The van der Waals surface area contributed by atoms with Gasteiger partial charge in [0.2, 0.25) is 0 Å². The summed E-state index contributed by atoms with van der Waals surface area (Å²) >= 11 is 0. The third-order valence-electron chi connectivity index (χ3n) is 5.13. The van der Waals surface area contributed by atoms with E-state index in [1.807, 2.05) is 0 Å². The Bertz CT molecular complexity index is 1060. The summed E-state index contributed by atoms with van der Waals surface area (Å²) < 4.78 is 23.9. The van der Waals surface area contributed by atoms with E-state index in [1.165, 1.54) is 11.1 Å². The highest BCUT2D eigenvalue weighted by Crippen LogP contribution is 2.41. The van der Waals surface area contributed by atoms with E-state index in [0.29, 0.717) is 11.1 Å². The largest absolute Gasteiger partial charge is 0.507 e. The highest BCUT2D eigenvalue weighted by atomic mass is 32.2. The number of carbonyl (C=O) groups excluding carboxylic acids is 2. The number of likely N-dealkylation sites (tertiary alicyclic amines) is 1. The van der Waals surface area contributed by atoms with Gasteiger partial charge >= 0.3 is 0 Å². The molecular weight excluding hydrogens is 380 g/mol. The smallest absolute Gasteiger partial charge is 0.295 e. The standard InChI is InChI=1S/C20H18N2O5S/c23-18(13-5-2-1-3-6-13)16-17(14-7-4-9-21-11-14)22(20(25)19(16)24)15-8-10-28(26,27)12-15/h1-7,9,11,15,17,23H,8,10,12H2/t15-,17+/m1/s1. The molecule has 2 saturated heterocycles. The number of sulfone groups is 1. The van der Waals surface area contributed by atoms with Gasteiger partial charge in [0.25, 0.3) is 11.7 Å². The molecule has 0 aliphatic carbocycles. The average Bonchev–Trinajstić information content (AvgIpc) is 3.19. The number of amides is 1. The Morgan fingerprint density at radius 2 is 1.86 bits per heavy atom. The quantitative estimate of drug-likeness (QED) is 0.479. The van der Waals surface area contributed by atoms with Crippen LogP contribution in [0.3, 0.4) is 0 Å². The van der Waals surface area contributed by atoms with E-state index in [0.717, 1.165) is 0 Å². The minimum absolute atomic E-state index is 0.0287. The van der Waals surface area contributed by atoms with Gasteiger partial charge in [-0.1, -0.05) is 36.4 Å². The SMILES string of the molecule is O=C1C(=O)N([C@@H]2CCS(=O)(=O)C2)[C@@H](c2cccnc2)C1=C(O)c1ccccc1. The molecule has 2 aliphatic rings. The number of aromatic nitrogens is 1. The van der Waals surface area contributed by atoms with Crippen LogP contribution in [-0.2, 0) is 19.4 Å². The van der Waals surface area contributed by atoms with E-state index in [1.54, 1.807) is 48.7 Å². The number of pyridine rings is 1. The molecule has 1 aromatic carbocycles. The molecule has 28 heavy (non-hydrogen) atoms. The molecule has 1 N–H and O–H groups in total. The van der Waals surface area contributed by atoms with E-state index in [9.17, 15) is 23.1 Å². The fraction of sp³-hybridized carbons (Fsp3) is 0.250. The molecule has 0 saturated carbocycles.